The van der Waals surface area contributed by atoms with Gasteiger partial charge < -0.3 is 0 Å². The molecule has 0 fully saturated rings. The number of allylic oxidation sites excluding steroid dienone is 1. The third-order valence-corrected chi connectivity index (χ3v) is 2.55. The number of unbranched alkanes of at least 4 members (excludes halogenated alkanes) is 2. The van der Waals surface area contributed by atoms with Gasteiger partial charge >= 0.3 is 0 Å². The van der Waals surface area contributed by atoms with Crippen molar-refractivity contribution in [3.05, 3.63) is 12.2 Å². The van der Waals surface area contributed by atoms with Crippen molar-refractivity contribution in [3.8, 4) is 0 Å². The van der Waals surface area contributed by atoms with E-state index in [1.807, 2.05) is 17.8 Å². The minimum Gasteiger partial charge on any atom is -0.158 e. The molecule has 0 aliphatic carbocycles. The van der Waals surface area contributed by atoms with Gasteiger partial charge in [0.1, 0.15) is 0 Å². The molecule has 0 amide bonds. The summed E-state index contributed by atoms with van der Waals surface area (Å²) in [5.41, 5.74) is 0. The van der Waals surface area contributed by atoms with Crippen LogP contribution in [0.5, 0.6) is 0 Å². The number of hydrogen-bond donors (Lipinski definition) is 0. The highest BCUT2D eigenvalue weighted by Crippen LogP contribution is 2.05. The molecule has 0 aliphatic heterocycles. The van der Waals surface area contributed by atoms with Gasteiger partial charge in [-0.2, -0.15) is 11.8 Å². The van der Waals surface area contributed by atoms with E-state index in [4.69, 9.17) is 11.6 Å². The Balaban J connectivity index is 2.85. The summed E-state index contributed by atoms with van der Waals surface area (Å²) in [5.74, 6) is 3.06. The van der Waals surface area contributed by atoms with Crippen molar-refractivity contribution >= 4 is 23.4 Å². The Kier molecular flexibility index (Phi) is 10.7. The van der Waals surface area contributed by atoms with Crippen LogP contribution in [0.1, 0.15) is 26.2 Å². The number of hydrogen-bond acceptors (Lipinski definition) is 1. The fourth-order valence-electron chi connectivity index (χ4n) is 0.737. The molecule has 0 saturated carbocycles. The van der Waals surface area contributed by atoms with Crippen LogP contribution in [-0.2, 0) is 0 Å². The van der Waals surface area contributed by atoms with Crippen LogP contribution in [0.15, 0.2) is 12.2 Å². The third-order valence-electron chi connectivity index (χ3n) is 1.36. The van der Waals surface area contributed by atoms with Crippen molar-refractivity contribution in [2.24, 2.45) is 0 Å². The van der Waals surface area contributed by atoms with E-state index in [0.717, 1.165) is 5.75 Å². The molecule has 0 nitrogen and oxygen atoms in total. The first-order valence-electron chi connectivity index (χ1n) is 4.20. The molecule has 0 aromatic rings. The average molecular weight is 193 g/mol. The Hall–Kier alpha value is 0.380. The quantitative estimate of drug-likeness (QED) is 0.337. The Morgan fingerprint density at radius 2 is 2.09 bits per heavy atom. The van der Waals surface area contributed by atoms with E-state index in [2.05, 4.69) is 13.0 Å². The highest BCUT2D eigenvalue weighted by Gasteiger charge is 1.85. The topological polar surface area (TPSA) is 0 Å². The van der Waals surface area contributed by atoms with Crippen molar-refractivity contribution < 1.29 is 0 Å². The van der Waals surface area contributed by atoms with Crippen LogP contribution in [0.25, 0.3) is 0 Å². The van der Waals surface area contributed by atoms with Gasteiger partial charge in [0, 0.05) is 11.6 Å². The second-order valence-corrected chi connectivity index (χ2v) is 3.87. The summed E-state index contributed by atoms with van der Waals surface area (Å²) in [6.07, 6.45) is 8.19. The summed E-state index contributed by atoms with van der Waals surface area (Å²) in [7, 11) is 0. The first kappa shape index (κ1) is 11.4. The van der Waals surface area contributed by atoms with Gasteiger partial charge in [-0.3, -0.25) is 0 Å². The highest BCUT2D eigenvalue weighted by molar-refractivity contribution is 7.99. The normalized spacial score (nSPS) is 11.1. The van der Waals surface area contributed by atoms with Gasteiger partial charge in [0.15, 0.2) is 0 Å². The minimum atomic E-state index is 0.648. The van der Waals surface area contributed by atoms with Crippen molar-refractivity contribution in [2.45, 2.75) is 26.2 Å². The van der Waals surface area contributed by atoms with Crippen LogP contribution >= 0.6 is 23.4 Å². The molecular formula is C9H17ClS. The summed E-state index contributed by atoms with van der Waals surface area (Å²) in [5, 5.41) is 0. The number of halogens is 1. The van der Waals surface area contributed by atoms with Gasteiger partial charge in [0.2, 0.25) is 0 Å². The maximum atomic E-state index is 5.47. The standard InChI is InChI=1S/C9H17ClS/c1-2-3-5-8-11-9-6-4-7-10/h4,6H,2-3,5,7-9H2,1H3/b6-4+. The van der Waals surface area contributed by atoms with E-state index >= 15 is 0 Å². The first-order valence-corrected chi connectivity index (χ1v) is 5.89. The summed E-state index contributed by atoms with van der Waals surface area (Å²) >= 11 is 7.46. The largest absolute Gasteiger partial charge is 0.158 e. The lowest BCUT2D eigenvalue weighted by Gasteiger charge is -1.95. The molecule has 0 radical (unpaired) electrons. The molecule has 0 bridgehead atoms. The summed E-state index contributed by atoms with van der Waals surface area (Å²) < 4.78 is 0. The Labute approximate surface area is 79.4 Å². The van der Waals surface area contributed by atoms with Gasteiger partial charge in [-0.05, 0) is 12.2 Å². The van der Waals surface area contributed by atoms with Crippen LogP contribution in [0, 0.1) is 0 Å². The molecule has 0 aliphatic rings. The van der Waals surface area contributed by atoms with Crippen LogP contribution in [0.4, 0.5) is 0 Å². The average Bonchev–Trinajstić information content (AvgIpc) is 2.03. The van der Waals surface area contributed by atoms with E-state index in [9.17, 15) is 0 Å². The molecule has 0 rings (SSSR count). The summed E-state index contributed by atoms with van der Waals surface area (Å²) in [4.78, 5) is 0. The maximum Gasteiger partial charge on any atom is 0.0404 e. The second-order valence-electron chi connectivity index (χ2n) is 2.41. The summed E-state index contributed by atoms with van der Waals surface area (Å²) in [6, 6.07) is 0. The van der Waals surface area contributed by atoms with E-state index in [-0.39, 0.29) is 0 Å². The van der Waals surface area contributed by atoms with Crippen molar-refractivity contribution in [1.82, 2.24) is 0 Å². The second kappa shape index (κ2) is 10.4. The fourth-order valence-corrected chi connectivity index (χ4v) is 1.71. The van der Waals surface area contributed by atoms with Gasteiger partial charge in [0.25, 0.3) is 0 Å². The van der Waals surface area contributed by atoms with Crippen LogP contribution < -0.4 is 0 Å². The molecule has 0 heterocycles. The van der Waals surface area contributed by atoms with E-state index in [1.54, 1.807) is 0 Å². The molecule has 0 atom stereocenters. The fraction of sp³-hybridized carbons (Fsp3) is 0.778. The summed E-state index contributed by atoms with van der Waals surface area (Å²) in [6.45, 7) is 2.23. The van der Waals surface area contributed by atoms with Gasteiger partial charge in [0.05, 0.1) is 0 Å². The SMILES string of the molecule is CCCCCSC/C=C/CCl. The van der Waals surface area contributed by atoms with Crippen molar-refractivity contribution in [1.29, 1.82) is 0 Å². The smallest absolute Gasteiger partial charge is 0.0404 e. The van der Waals surface area contributed by atoms with E-state index < -0.39 is 0 Å². The van der Waals surface area contributed by atoms with E-state index in [0.29, 0.717) is 5.88 Å². The lowest BCUT2D eigenvalue weighted by molar-refractivity contribution is 0.779. The van der Waals surface area contributed by atoms with Crippen LogP contribution in [-0.4, -0.2) is 17.4 Å². The first-order chi connectivity index (χ1) is 5.41. The molecule has 0 aromatic heterocycles. The van der Waals surface area contributed by atoms with Gasteiger partial charge in [-0.15, -0.1) is 11.6 Å². The lowest BCUT2D eigenvalue weighted by atomic mass is 10.3. The molecule has 11 heavy (non-hydrogen) atoms. The maximum absolute atomic E-state index is 5.47. The molecule has 0 N–H and O–H groups in total. The Morgan fingerprint density at radius 1 is 1.27 bits per heavy atom. The monoisotopic (exact) mass is 192 g/mol. The van der Waals surface area contributed by atoms with Crippen molar-refractivity contribution in [3.63, 3.8) is 0 Å². The predicted molar refractivity (Wildman–Crippen MR) is 56.7 cm³/mol. The van der Waals surface area contributed by atoms with Crippen LogP contribution in [0.3, 0.4) is 0 Å². The zero-order valence-corrected chi connectivity index (χ0v) is 8.76. The number of rotatable bonds is 7. The molecule has 66 valence electrons. The molecule has 0 unspecified atom stereocenters. The Bertz CT molecular complexity index is 91.6. The Morgan fingerprint density at radius 3 is 2.73 bits per heavy atom. The number of thioether (sulfide) groups is 1. The van der Waals surface area contributed by atoms with E-state index in [1.165, 1.54) is 25.0 Å². The van der Waals surface area contributed by atoms with Gasteiger partial charge in [-0.25, -0.2) is 0 Å². The van der Waals surface area contributed by atoms with Gasteiger partial charge in [-0.1, -0.05) is 31.9 Å². The third kappa shape index (κ3) is 10.4. The predicted octanol–water partition coefficient (Wildman–Crippen LogP) is 3.70. The molecule has 2 heteroatoms. The zero-order valence-electron chi connectivity index (χ0n) is 7.18. The van der Waals surface area contributed by atoms with Crippen LogP contribution in [0.2, 0.25) is 0 Å². The highest BCUT2D eigenvalue weighted by atomic mass is 35.5. The molecular weight excluding hydrogens is 176 g/mol. The molecule has 0 saturated heterocycles. The molecule has 0 spiro atoms. The minimum absolute atomic E-state index is 0.648. The number of alkyl halides is 1. The zero-order chi connectivity index (χ0) is 8.36. The van der Waals surface area contributed by atoms with Crippen molar-refractivity contribution in [2.75, 3.05) is 17.4 Å². The lowest BCUT2D eigenvalue weighted by Crippen LogP contribution is -1.80. The molecule has 0 aromatic carbocycles.